The topological polar surface area (TPSA) is 60.2 Å². The van der Waals surface area contributed by atoms with Crippen molar-refractivity contribution < 1.29 is 9.26 Å². The number of nitrogens with zero attached hydrogens (tertiary/aromatic N) is 2. The fraction of sp³-hybridized carbons (Fsp3) is 0.467. The fourth-order valence-electron chi connectivity index (χ4n) is 2.47. The molecule has 5 heteroatoms. The highest BCUT2D eigenvalue weighted by Gasteiger charge is 2.28. The van der Waals surface area contributed by atoms with Crippen molar-refractivity contribution >= 4 is 0 Å². The standard InChI is InChI=1S/C15H19N3O2/c1-3-11(16-2)9-14-17-15(18-20-14)13-8-10-6-4-5-7-12(10)19-13/h4-7,11,13,16H,3,8-9H2,1-2H3. The molecule has 1 aliphatic rings. The Hall–Kier alpha value is -1.88. The predicted octanol–water partition coefficient (Wildman–Crippen LogP) is 2.29. The number of nitrogens with one attached hydrogen (secondary N) is 1. The number of para-hydroxylation sites is 1. The molecule has 0 amide bonds. The largest absolute Gasteiger partial charge is 0.482 e. The lowest BCUT2D eigenvalue weighted by Gasteiger charge is -2.09. The zero-order chi connectivity index (χ0) is 13.9. The van der Waals surface area contributed by atoms with Gasteiger partial charge >= 0.3 is 0 Å². The SMILES string of the molecule is CCC(Cc1nc(C2Cc3ccccc3O2)no1)NC. The number of hydrogen-bond donors (Lipinski definition) is 1. The summed E-state index contributed by atoms with van der Waals surface area (Å²) in [5, 5.41) is 7.30. The molecule has 106 valence electrons. The Morgan fingerprint density at radius 2 is 2.25 bits per heavy atom. The summed E-state index contributed by atoms with van der Waals surface area (Å²) in [4.78, 5) is 4.47. The van der Waals surface area contributed by atoms with E-state index in [0.29, 0.717) is 17.8 Å². The Labute approximate surface area is 118 Å². The molecule has 2 aromatic rings. The summed E-state index contributed by atoms with van der Waals surface area (Å²) >= 11 is 0. The van der Waals surface area contributed by atoms with Gasteiger partial charge < -0.3 is 14.6 Å². The molecular formula is C15H19N3O2. The van der Waals surface area contributed by atoms with Crippen molar-refractivity contribution in [3.63, 3.8) is 0 Å². The molecule has 2 heterocycles. The Kier molecular flexibility index (Phi) is 3.69. The van der Waals surface area contributed by atoms with Crippen LogP contribution in [0, 0.1) is 0 Å². The van der Waals surface area contributed by atoms with Crippen molar-refractivity contribution in [3.05, 3.63) is 41.5 Å². The van der Waals surface area contributed by atoms with E-state index in [0.717, 1.165) is 25.0 Å². The van der Waals surface area contributed by atoms with Gasteiger partial charge in [-0.2, -0.15) is 4.98 Å². The van der Waals surface area contributed by atoms with E-state index < -0.39 is 0 Å². The second-order valence-electron chi connectivity index (χ2n) is 5.06. The van der Waals surface area contributed by atoms with Crippen molar-refractivity contribution in [2.45, 2.75) is 38.3 Å². The van der Waals surface area contributed by atoms with Gasteiger partial charge in [0.25, 0.3) is 0 Å². The average molecular weight is 273 g/mol. The van der Waals surface area contributed by atoms with Gasteiger partial charge in [0.2, 0.25) is 11.7 Å². The summed E-state index contributed by atoms with van der Waals surface area (Å²) in [7, 11) is 1.95. The molecule has 5 nitrogen and oxygen atoms in total. The van der Waals surface area contributed by atoms with Crippen LogP contribution in [0.3, 0.4) is 0 Å². The first kappa shape index (κ1) is 13.1. The van der Waals surface area contributed by atoms with Gasteiger partial charge in [-0.05, 0) is 25.1 Å². The first-order valence-electron chi connectivity index (χ1n) is 7.04. The summed E-state index contributed by atoms with van der Waals surface area (Å²) in [6.07, 6.45) is 2.46. The lowest BCUT2D eigenvalue weighted by Crippen LogP contribution is -2.26. The third-order valence-corrected chi connectivity index (χ3v) is 3.74. The van der Waals surface area contributed by atoms with Crippen molar-refractivity contribution in [1.29, 1.82) is 0 Å². The molecule has 0 saturated heterocycles. The third-order valence-electron chi connectivity index (χ3n) is 3.74. The third kappa shape index (κ3) is 2.54. The smallest absolute Gasteiger partial charge is 0.228 e. The highest BCUT2D eigenvalue weighted by molar-refractivity contribution is 5.37. The Balaban J connectivity index is 1.70. The maximum Gasteiger partial charge on any atom is 0.228 e. The van der Waals surface area contributed by atoms with E-state index >= 15 is 0 Å². The van der Waals surface area contributed by atoms with Crippen LogP contribution in [-0.2, 0) is 12.8 Å². The second kappa shape index (κ2) is 5.63. The van der Waals surface area contributed by atoms with Crippen LogP contribution < -0.4 is 10.1 Å². The number of rotatable bonds is 5. The fourth-order valence-corrected chi connectivity index (χ4v) is 2.47. The molecule has 1 aromatic heterocycles. The van der Waals surface area contributed by atoms with Crippen LogP contribution in [0.25, 0.3) is 0 Å². The van der Waals surface area contributed by atoms with Gasteiger partial charge in [0, 0.05) is 18.9 Å². The van der Waals surface area contributed by atoms with Crippen molar-refractivity contribution in [1.82, 2.24) is 15.5 Å². The average Bonchev–Trinajstić information content (AvgIpc) is 3.10. The highest BCUT2D eigenvalue weighted by Crippen LogP contribution is 2.35. The van der Waals surface area contributed by atoms with Crippen LogP contribution in [0.4, 0.5) is 0 Å². The van der Waals surface area contributed by atoms with Crippen LogP contribution in [0.5, 0.6) is 5.75 Å². The molecule has 0 spiro atoms. The second-order valence-corrected chi connectivity index (χ2v) is 5.06. The van der Waals surface area contributed by atoms with E-state index in [2.05, 4.69) is 28.4 Å². The number of fused-ring (bicyclic) bond motifs is 1. The van der Waals surface area contributed by atoms with E-state index in [1.807, 2.05) is 25.2 Å². The number of ether oxygens (including phenoxy) is 1. The van der Waals surface area contributed by atoms with Gasteiger partial charge in [-0.3, -0.25) is 0 Å². The van der Waals surface area contributed by atoms with E-state index in [-0.39, 0.29) is 6.10 Å². The van der Waals surface area contributed by atoms with Crippen molar-refractivity contribution in [2.24, 2.45) is 0 Å². The van der Waals surface area contributed by atoms with Crippen LogP contribution in [0.1, 0.15) is 36.7 Å². The lowest BCUT2D eigenvalue weighted by molar-refractivity contribution is 0.221. The molecule has 2 atom stereocenters. The summed E-state index contributed by atoms with van der Waals surface area (Å²) in [5.74, 6) is 2.23. The molecule has 0 radical (unpaired) electrons. The minimum atomic E-state index is -0.125. The normalized spacial score (nSPS) is 18.6. The first-order valence-corrected chi connectivity index (χ1v) is 7.04. The predicted molar refractivity (Wildman–Crippen MR) is 74.7 cm³/mol. The number of aromatic nitrogens is 2. The zero-order valence-electron chi connectivity index (χ0n) is 11.8. The minimum Gasteiger partial charge on any atom is -0.482 e. The molecule has 0 fully saturated rings. The van der Waals surface area contributed by atoms with Gasteiger partial charge in [-0.15, -0.1) is 0 Å². The molecular weight excluding hydrogens is 254 g/mol. The molecule has 1 N–H and O–H groups in total. The van der Waals surface area contributed by atoms with Gasteiger partial charge in [-0.1, -0.05) is 30.3 Å². The number of benzene rings is 1. The summed E-state index contributed by atoms with van der Waals surface area (Å²) < 4.78 is 11.2. The maximum absolute atomic E-state index is 5.86. The number of hydrogen-bond acceptors (Lipinski definition) is 5. The van der Waals surface area contributed by atoms with Gasteiger partial charge in [0.15, 0.2) is 6.10 Å². The summed E-state index contributed by atoms with van der Waals surface area (Å²) in [6, 6.07) is 8.41. The maximum atomic E-state index is 5.86. The molecule has 1 aliphatic heterocycles. The summed E-state index contributed by atoms with van der Waals surface area (Å²) in [6.45, 7) is 2.13. The van der Waals surface area contributed by atoms with Crippen LogP contribution >= 0.6 is 0 Å². The van der Waals surface area contributed by atoms with Gasteiger partial charge in [0.1, 0.15) is 5.75 Å². The summed E-state index contributed by atoms with van der Waals surface area (Å²) in [5.41, 5.74) is 1.20. The Morgan fingerprint density at radius 1 is 1.40 bits per heavy atom. The molecule has 0 saturated carbocycles. The first-order chi connectivity index (χ1) is 9.80. The quantitative estimate of drug-likeness (QED) is 0.905. The molecule has 1 aromatic carbocycles. The van der Waals surface area contributed by atoms with E-state index in [1.165, 1.54) is 5.56 Å². The monoisotopic (exact) mass is 273 g/mol. The minimum absolute atomic E-state index is 0.125. The van der Waals surface area contributed by atoms with Crippen molar-refractivity contribution in [3.8, 4) is 5.75 Å². The lowest BCUT2D eigenvalue weighted by atomic mass is 10.1. The highest BCUT2D eigenvalue weighted by atomic mass is 16.5. The van der Waals surface area contributed by atoms with Gasteiger partial charge in [-0.25, -0.2) is 0 Å². The van der Waals surface area contributed by atoms with E-state index in [9.17, 15) is 0 Å². The van der Waals surface area contributed by atoms with Crippen LogP contribution in [0.2, 0.25) is 0 Å². The molecule has 2 unspecified atom stereocenters. The number of likely N-dealkylation sites (N-methyl/N-ethyl adjacent to an activating group) is 1. The van der Waals surface area contributed by atoms with Gasteiger partial charge in [0.05, 0.1) is 0 Å². The Morgan fingerprint density at radius 3 is 3.00 bits per heavy atom. The van der Waals surface area contributed by atoms with Crippen LogP contribution in [-0.4, -0.2) is 23.2 Å². The molecule has 20 heavy (non-hydrogen) atoms. The molecule has 0 aliphatic carbocycles. The van der Waals surface area contributed by atoms with Crippen LogP contribution in [0.15, 0.2) is 28.8 Å². The zero-order valence-corrected chi connectivity index (χ0v) is 11.8. The van der Waals surface area contributed by atoms with E-state index in [1.54, 1.807) is 0 Å². The van der Waals surface area contributed by atoms with E-state index in [4.69, 9.17) is 9.26 Å². The van der Waals surface area contributed by atoms with Crippen molar-refractivity contribution in [2.75, 3.05) is 7.05 Å². The molecule has 0 bridgehead atoms. The molecule has 3 rings (SSSR count). The Bertz CT molecular complexity index is 553.